The van der Waals surface area contributed by atoms with Crippen LogP contribution in [0, 0.1) is 0 Å². The van der Waals surface area contributed by atoms with E-state index in [0.29, 0.717) is 6.54 Å². The van der Waals surface area contributed by atoms with E-state index in [4.69, 9.17) is 4.74 Å². The fraction of sp³-hybridized carbons (Fsp3) is 0.800. The van der Waals surface area contributed by atoms with Crippen molar-refractivity contribution in [3.8, 4) is 0 Å². The van der Waals surface area contributed by atoms with Gasteiger partial charge in [-0.1, -0.05) is 0 Å². The van der Waals surface area contributed by atoms with Crippen LogP contribution in [0.2, 0.25) is 0 Å². The second-order valence-corrected chi connectivity index (χ2v) is 4.02. The Bertz CT molecular complexity index is 260. The number of hydrogen-bond donors (Lipinski definition) is 1. The number of hydrogen-bond acceptors (Lipinski definition) is 5. The Hall–Kier alpha value is -0.980. The molecule has 6 heteroatoms. The molecule has 0 spiro atoms. The fourth-order valence-electron chi connectivity index (χ4n) is 1.95. The third-order valence-corrected chi connectivity index (χ3v) is 2.90. The van der Waals surface area contributed by atoms with Crippen molar-refractivity contribution in [2.45, 2.75) is 0 Å². The number of amides is 2. The van der Waals surface area contributed by atoms with Gasteiger partial charge in [-0.15, -0.1) is 0 Å². The summed E-state index contributed by atoms with van der Waals surface area (Å²) >= 11 is 0. The minimum atomic E-state index is -0.216. The predicted octanol–water partition coefficient (Wildman–Crippen LogP) is -1.72. The van der Waals surface area contributed by atoms with Gasteiger partial charge < -0.3 is 10.1 Å². The molecule has 0 radical (unpaired) electrons. The van der Waals surface area contributed by atoms with Crippen molar-refractivity contribution in [3.05, 3.63) is 0 Å². The molecule has 16 heavy (non-hydrogen) atoms. The molecule has 1 N–H and O–H groups in total. The van der Waals surface area contributed by atoms with Crippen molar-refractivity contribution in [2.75, 3.05) is 52.5 Å². The van der Waals surface area contributed by atoms with Gasteiger partial charge in [-0.25, -0.2) is 0 Å². The van der Waals surface area contributed by atoms with E-state index in [2.05, 4.69) is 10.2 Å². The van der Waals surface area contributed by atoms with Gasteiger partial charge in [-0.3, -0.25) is 19.4 Å². The number of morpholine rings is 1. The average Bonchev–Trinajstić information content (AvgIpc) is 2.30. The first-order valence-corrected chi connectivity index (χ1v) is 5.61. The van der Waals surface area contributed by atoms with Gasteiger partial charge in [-0.2, -0.15) is 0 Å². The van der Waals surface area contributed by atoms with Crippen LogP contribution in [0.3, 0.4) is 0 Å². The Morgan fingerprint density at radius 3 is 2.31 bits per heavy atom. The molecule has 2 saturated heterocycles. The second kappa shape index (κ2) is 5.38. The fourth-order valence-corrected chi connectivity index (χ4v) is 1.95. The van der Waals surface area contributed by atoms with Crippen LogP contribution in [-0.4, -0.2) is 74.1 Å². The maximum atomic E-state index is 11.4. The van der Waals surface area contributed by atoms with Crippen molar-refractivity contribution in [3.63, 3.8) is 0 Å². The van der Waals surface area contributed by atoms with E-state index in [-0.39, 0.29) is 25.0 Å². The van der Waals surface area contributed by atoms with Gasteiger partial charge in [0, 0.05) is 39.3 Å². The zero-order valence-electron chi connectivity index (χ0n) is 9.28. The summed E-state index contributed by atoms with van der Waals surface area (Å²) in [6.07, 6.45) is 0. The van der Waals surface area contributed by atoms with E-state index >= 15 is 0 Å². The first-order valence-electron chi connectivity index (χ1n) is 5.61. The molecule has 0 aliphatic carbocycles. The van der Waals surface area contributed by atoms with E-state index in [9.17, 15) is 9.59 Å². The van der Waals surface area contributed by atoms with Gasteiger partial charge in [0.15, 0.2) is 0 Å². The summed E-state index contributed by atoms with van der Waals surface area (Å²) in [7, 11) is 0. The van der Waals surface area contributed by atoms with Crippen molar-refractivity contribution in [1.82, 2.24) is 15.1 Å². The number of nitrogens with zero attached hydrogens (tertiary/aromatic N) is 2. The molecule has 0 aromatic carbocycles. The van der Waals surface area contributed by atoms with E-state index in [1.807, 2.05) is 0 Å². The first-order chi connectivity index (χ1) is 7.77. The summed E-state index contributed by atoms with van der Waals surface area (Å²) in [5.74, 6) is -0.433. The highest BCUT2D eigenvalue weighted by atomic mass is 16.5. The van der Waals surface area contributed by atoms with Gasteiger partial charge in [0.25, 0.3) is 11.8 Å². The normalized spacial score (nSPS) is 23.9. The Balaban J connectivity index is 1.78. The maximum absolute atomic E-state index is 11.4. The minimum Gasteiger partial charge on any atom is -0.362 e. The molecule has 2 heterocycles. The summed E-state index contributed by atoms with van der Waals surface area (Å²) in [6.45, 7) is 5.23. The summed E-state index contributed by atoms with van der Waals surface area (Å²) in [4.78, 5) is 26.4. The quantitative estimate of drug-likeness (QED) is 0.581. The lowest BCUT2D eigenvalue weighted by molar-refractivity contribution is -0.158. The molecule has 0 unspecified atom stereocenters. The summed E-state index contributed by atoms with van der Waals surface area (Å²) in [5, 5.41) is 3.26. The van der Waals surface area contributed by atoms with Gasteiger partial charge in [-0.05, 0) is 0 Å². The number of nitrogens with one attached hydrogen (secondary N) is 1. The van der Waals surface area contributed by atoms with Gasteiger partial charge in [0.05, 0.1) is 0 Å². The molecule has 2 aliphatic rings. The zero-order valence-corrected chi connectivity index (χ0v) is 9.28. The van der Waals surface area contributed by atoms with Crippen molar-refractivity contribution < 1.29 is 14.3 Å². The van der Waals surface area contributed by atoms with Crippen molar-refractivity contribution in [2.24, 2.45) is 0 Å². The molecule has 2 aliphatic heterocycles. The second-order valence-electron chi connectivity index (χ2n) is 4.02. The predicted molar refractivity (Wildman–Crippen MR) is 56.8 cm³/mol. The lowest BCUT2D eigenvalue weighted by Gasteiger charge is -2.31. The molecule has 0 aromatic heterocycles. The monoisotopic (exact) mass is 227 g/mol. The Morgan fingerprint density at radius 1 is 1.06 bits per heavy atom. The summed E-state index contributed by atoms with van der Waals surface area (Å²) in [6, 6.07) is 0. The molecule has 0 aromatic rings. The van der Waals surface area contributed by atoms with Crippen LogP contribution in [0.4, 0.5) is 0 Å². The van der Waals surface area contributed by atoms with E-state index in [1.54, 1.807) is 0 Å². The number of ether oxygens (including phenoxy) is 1. The molecular weight excluding hydrogens is 210 g/mol. The minimum absolute atomic E-state index is 0.0350. The largest absolute Gasteiger partial charge is 0.362 e. The van der Waals surface area contributed by atoms with Crippen molar-refractivity contribution in [1.29, 1.82) is 0 Å². The van der Waals surface area contributed by atoms with E-state index in [1.165, 1.54) is 4.90 Å². The highest BCUT2D eigenvalue weighted by Gasteiger charge is 2.26. The molecule has 2 rings (SSSR count). The zero-order chi connectivity index (χ0) is 11.4. The SMILES string of the molecule is O=C1COCC(=O)N1CCN1CCNCC1. The number of rotatable bonds is 3. The number of carbonyl (C=O) groups is 2. The Labute approximate surface area is 94.5 Å². The summed E-state index contributed by atoms with van der Waals surface area (Å²) < 4.78 is 4.85. The topological polar surface area (TPSA) is 61.9 Å². The van der Waals surface area contributed by atoms with Gasteiger partial charge >= 0.3 is 0 Å². The lowest BCUT2D eigenvalue weighted by atomic mass is 10.3. The van der Waals surface area contributed by atoms with Gasteiger partial charge in [0.1, 0.15) is 13.2 Å². The number of carbonyl (C=O) groups excluding carboxylic acids is 2. The average molecular weight is 227 g/mol. The van der Waals surface area contributed by atoms with Gasteiger partial charge in [0.2, 0.25) is 0 Å². The van der Waals surface area contributed by atoms with Crippen LogP contribution < -0.4 is 5.32 Å². The smallest absolute Gasteiger partial charge is 0.255 e. The molecule has 6 nitrogen and oxygen atoms in total. The number of piperazine rings is 1. The van der Waals surface area contributed by atoms with E-state index in [0.717, 1.165) is 32.7 Å². The van der Waals surface area contributed by atoms with Crippen LogP contribution in [0.5, 0.6) is 0 Å². The highest BCUT2D eigenvalue weighted by Crippen LogP contribution is 2.01. The molecule has 2 fully saturated rings. The van der Waals surface area contributed by atoms with Crippen LogP contribution in [0.15, 0.2) is 0 Å². The summed E-state index contributed by atoms with van der Waals surface area (Å²) in [5.41, 5.74) is 0. The third-order valence-electron chi connectivity index (χ3n) is 2.90. The third kappa shape index (κ3) is 2.78. The Kier molecular flexibility index (Phi) is 3.87. The highest BCUT2D eigenvalue weighted by molar-refractivity contribution is 5.98. The van der Waals surface area contributed by atoms with Crippen molar-refractivity contribution >= 4 is 11.8 Å². The molecule has 2 amide bonds. The first kappa shape index (κ1) is 11.5. The molecule has 90 valence electrons. The maximum Gasteiger partial charge on any atom is 0.255 e. The number of imide groups is 1. The van der Waals surface area contributed by atoms with Crippen LogP contribution in [0.1, 0.15) is 0 Å². The van der Waals surface area contributed by atoms with Crippen LogP contribution >= 0.6 is 0 Å². The van der Waals surface area contributed by atoms with E-state index < -0.39 is 0 Å². The Morgan fingerprint density at radius 2 is 1.69 bits per heavy atom. The standard InChI is InChI=1S/C10H17N3O3/c14-9-7-16-8-10(15)13(9)6-5-12-3-1-11-2-4-12/h11H,1-8H2. The lowest BCUT2D eigenvalue weighted by Crippen LogP contribution is -2.51. The molecule has 0 atom stereocenters. The van der Waals surface area contributed by atoms with Crippen LogP contribution in [0.25, 0.3) is 0 Å². The molecule has 0 bridgehead atoms. The van der Waals surface area contributed by atoms with Crippen LogP contribution in [-0.2, 0) is 14.3 Å². The molecular formula is C10H17N3O3. The molecule has 0 saturated carbocycles.